The summed E-state index contributed by atoms with van der Waals surface area (Å²) >= 11 is 1.12. The smallest absolute Gasteiger partial charge is 0.319 e. The van der Waals surface area contributed by atoms with E-state index in [9.17, 15) is 18.8 Å². The third-order valence-electron chi connectivity index (χ3n) is 3.98. The van der Waals surface area contributed by atoms with Gasteiger partial charge < -0.3 is 15.0 Å². The fourth-order valence-electron chi connectivity index (χ4n) is 2.51. The van der Waals surface area contributed by atoms with Crippen molar-refractivity contribution in [2.24, 2.45) is 0 Å². The average molecular weight is 382 g/mol. The molecular weight excluding hydrogens is 359 g/mol. The standard InChI is InChI=1S/C18H23FN2O4S/c1-12(17(23)21-9-3-4-10-21)25-18(24)13(2)26-11-16(22)20-15-7-5-14(19)6-8-15/h5-8,12-13H,3-4,9-11H2,1-2H3,(H,20,22). The molecular formula is C18H23FN2O4S. The SMILES string of the molecule is CC(OC(=O)C(C)SCC(=O)Nc1ccc(F)cc1)C(=O)N1CCCC1. The highest BCUT2D eigenvalue weighted by Gasteiger charge is 2.27. The highest BCUT2D eigenvalue weighted by atomic mass is 32.2. The lowest BCUT2D eigenvalue weighted by Crippen LogP contribution is -2.39. The summed E-state index contributed by atoms with van der Waals surface area (Å²) < 4.78 is 18.1. The topological polar surface area (TPSA) is 75.7 Å². The fraction of sp³-hybridized carbons (Fsp3) is 0.500. The van der Waals surface area contributed by atoms with Crippen LogP contribution in [0.3, 0.4) is 0 Å². The lowest BCUT2D eigenvalue weighted by molar-refractivity contribution is -0.157. The van der Waals surface area contributed by atoms with Crippen molar-refractivity contribution >= 4 is 35.2 Å². The molecule has 0 spiro atoms. The van der Waals surface area contributed by atoms with Gasteiger partial charge in [-0.3, -0.25) is 14.4 Å². The Kier molecular flexibility index (Phi) is 7.44. The number of ether oxygens (including phenoxy) is 1. The van der Waals surface area contributed by atoms with Crippen LogP contribution >= 0.6 is 11.8 Å². The largest absolute Gasteiger partial charge is 0.452 e. The lowest BCUT2D eigenvalue weighted by atomic mass is 10.3. The molecule has 1 saturated heterocycles. The van der Waals surface area contributed by atoms with E-state index in [1.54, 1.807) is 18.7 Å². The predicted octanol–water partition coefficient (Wildman–Crippen LogP) is 2.44. The number of benzene rings is 1. The van der Waals surface area contributed by atoms with E-state index in [0.717, 1.165) is 24.6 Å². The van der Waals surface area contributed by atoms with Gasteiger partial charge in [-0.1, -0.05) is 0 Å². The van der Waals surface area contributed by atoms with Crippen LogP contribution in [0.4, 0.5) is 10.1 Å². The predicted molar refractivity (Wildman–Crippen MR) is 98.3 cm³/mol. The van der Waals surface area contributed by atoms with E-state index in [-0.39, 0.29) is 23.4 Å². The number of esters is 1. The van der Waals surface area contributed by atoms with Crippen LogP contribution in [0, 0.1) is 5.82 Å². The van der Waals surface area contributed by atoms with E-state index in [2.05, 4.69) is 5.32 Å². The molecule has 2 rings (SSSR count). The minimum Gasteiger partial charge on any atom is -0.452 e. The zero-order chi connectivity index (χ0) is 19.1. The molecule has 26 heavy (non-hydrogen) atoms. The molecule has 0 aliphatic carbocycles. The summed E-state index contributed by atoms with van der Waals surface area (Å²) in [6, 6.07) is 5.42. The Bertz CT molecular complexity index is 647. The number of carbonyl (C=O) groups is 3. The van der Waals surface area contributed by atoms with Crippen LogP contribution in [-0.2, 0) is 19.1 Å². The number of hydrogen-bond acceptors (Lipinski definition) is 5. The van der Waals surface area contributed by atoms with Gasteiger partial charge >= 0.3 is 5.97 Å². The lowest BCUT2D eigenvalue weighted by Gasteiger charge is -2.21. The van der Waals surface area contributed by atoms with E-state index < -0.39 is 17.3 Å². The van der Waals surface area contributed by atoms with E-state index in [4.69, 9.17) is 4.74 Å². The van der Waals surface area contributed by atoms with Crippen molar-refractivity contribution in [3.05, 3.63) is 30.1 Å². The number of anilines is 1. The first kappa shape index (κ1) is 20.2. The first-order chi connectivity index (χ1) is 12.4. The van der Waals surface area contributed by atoms with Crippen LogP contribution in [0.5, 0.6) is 0 Å². The summed E-state index contributed by atoms with van der Waals surface area (Å²) in [4.78, 5) is 37.8. The molecule has 0 bridgehead atoms. The fourth-order valence-corrected chi connectivity index (χ4v) is 3.18. The van der Waals surface area contributed by atoms with Crippen molar-refractivity contribution in [1.29, 1.82) is 0 Å². The molecule has 0 saturated carbocycles. The average Bonchev–Trinajstić information content (AvgIpc) is 3.15. The van der Waals surface area contributed by atoms with Gasteiger partial charge in [-0.15, -0.1) is 11.8 Å². The second-order valence-electron chi connectivity index (χ2n) is 6.12. The van der Waals surface area contributed by atoms with Gasteiger partial charge in [-0.2, -0.15) is 0 Å². The molecule has 142 valence electrons. The van der Waals surface area contributed by atoms with Gasteiger partial charge in [0.2, 0.25) is 5.91 Å². The molecule has 1 fully saturated rings. The zero-order valence-corrected chi connectivity index (χ0v) is 15.7. The third-order valence-corrected chi connectivity index (χ3v) is 5.10. The number of halogens is 1. The Hall–Kier alpha value is -2.09. The first-order valence-corrected chi connectivity index (χ1v) is 9.58. The van der Waals surface area contributed by atoms with E-state index >= 15 is 0 Å². The van der Waals surface area contributed by atoms with Gasteiger partial charge in [0.25, 0.3) is 5.91 Å². The molecule has 2 amide bonds. The molecule has 1 aromatic rings. The molecule has 0 aromatic heterocycles. The highest BCUT2D eigenvalue weighted by molar-refractivity contribution is 8.01. The second kappa shape index (κ2) is 9.56. The summed E-state index contributed by atoms with van der Waals surface area (Å²) in [6.45, 7) is 4.60. The molecule has 1 heterocycles. The number of nitrogens with zero attached hydrogens (tertiary/aromatic N) is 1. The van der Waals surface area contributed by atoms with Gasteiger partial charge in [0.1, 0.15) is 11.1 Å². The third kappa shape index (κ3) is 6.01. The summed E-state index contributed by atoms with van der Waals surface area (Å²) in [6.07, 6.45) is 1.13. The van der Waals surface area contributed by atoms with Crippen LogP contribution < -0.4 is 5.32 Å². The maximum Gasteiger partial charge on any atom is 0.319 e. The molecule has 2 unspecified atom stereocenters. The van der Waals surface area contributed by atoms with Crippen molar-refractivity contribution in [3.63, 3.8) is 0 Å². The monoisotopic (exact) mass is 382 g/mol. The molecule has 8 heteroatoms. The summed E-state index contributed by atoms with van der Waals surface area (Å²) in [5.74, 6) is -1.34. The number of rotatable bonds is 7. The van der Waals surface area contributed by atoms with Crippen LogP contribution in [0.15, 0.2) is 24.3 Å². The Morgan fingerprint density at radius 1 is 1.19 bits per heavy atom. The van der Waals surface area contributed by atoms with Gasteiger partial charge in [-0.05, 0) is 51.0 Å². The molecule has 1 aromatic carbocycles. The highest BCUT2D eigenvalue weighted by Crippen LogP contribution is 2.16. The number of hydrogen-bond donors (Lipinski definition) is 1. The van der Waals surface area contributed by atoms with Crippen LogP contribution in [0.1, 0.15) is 26.7 Å². The van der Waals surface area contributed by atoms with Crippen LogP contribution in [-0.4, -0.2) is 52.9 Å². The van der Waals surface area contributed by atoms with Gasteiger partial charge in [0.05, 0.1) is 5.75 Å². The summed E-state index contributed by atoms with van der Waals surface area (Å²) in [7, 11) is 0. The van der Waals surface area contributed by atoms with Gasteiger partial charge in [0.15, 0.2) is 6.10 Å². The first-order valence-electron chi connectivity index (χ1n) is 8.53. The number of nitrogens with one attached hydrogen (secondary N) is 1. The molecule has 1 N–H and O–H groups in total. The van der Waals surface area contributed by atoms with Crippen molar-refractivity contribution in [3.8, 4) is 0 Å². The van der Waals surface area contributed by atoms with Crippen molar-refractivity contribution in [2.75, 3.05) is 24.2 Å². The van der Waals surface area contributed by atoms with Crippen LogP contribution in [0.2, 0.25) is 0 Å². The number of carbonyl (C=O) groups excluding carboxylic acids is 3. The Morgan fingerprint density at radius 3 is 2.42 bits per heavy atom. The number of likely N-dealkylation sites (tertiary alicyclic amines) is 1. The van der Waals surface area contributed by atoms with E-state index in [1.165, 1.54) is 24.3 Å². The van der Waals surface area contributed by atoms with Gasteiger partial charge in [-0.25, -0.2) is 4.39 Å². The zero-order valence-electron chi connectivity index (χ0n) is 14.9. The normalized spacial score (nSPS) is 16.0. The number of amides is 2. The van der Waals surface area contributed by atoms with Crippen molar-refractivity contribution in [2.45, 2.75) is 38.0 Å². The molecule has 2 atom stereocenters. The van der Waals surface area contributed by atoms with Gasteiger partial charge in [0, 0.05) is 18.8 Å². The minimum absolute atomic E-state index is 0.0437. The molecule has 1 aliphatic heterocycles. The van der Waals surface area contributed by atoms with E-state index in [0.29, 0.717) is 18.8 Å². The minimum atomic E-state index is -0.823. The molecule has 0 radical (unpaired) electrons. The summed E-state index contributed by atoms with van der Waals surface area (Å²) in [5, 5.41) is 2.04. The molecule has 1 aliphatic rings. The maximum atomic E-state index is 12.8. The van der Waals surface area contributed by atoms with Crippen LogP contribution in [0.25, 0.3) is 0 Å². The Balaban J connectivity index is 1.72. The number of thioether (sulfide) groups is 1. The molecule has 6 nitrogen and oxygen atoms in total. The summed E-state index contributed by atoms with van der Waals surface area (Å²) in [5.41, 5.74) is 0.483. The van der Waals surface area contributed by atoms with Crippen molar-refractivity contribution < 1.29 is 23.5 Å². The Labute approximate surface area is 156 Å². The Morgan fingerprint density at radius 2 is 1.81 bits per heavy atom. The van der Waals surface area contributed by atoms with E-state index in [1.807, 2.05) is 0 Å². The second-order valence-corrected chi connectivity index (χ2v) is 7.45. The van der Waals surface area contributed by atoms with Crippen molar-refractivity contribution in [1.82, 2.24) is 4.90 Å². The quantitative estimate of drug-likeness (QED) is 0.733. The maximum absolute atomic E-state index is 12.8.